The summed E-state index contributed by atoms with van der Waals surface area (Å²) in [6.45, 7) is 4.88. The van der Waals surface area contributed by atoms with Crippen LogP contribution in [0.25, 0.3) is 0 Å². The van der Waals surface area contributed by atoms with Gasteiger partial charge in [0.05, 0.1) is 7.11 Å². The Morgan fingerprint density at radius 2 is 2.14 bits per heavy atom. The normalized spacial score (nSPS) is 11.6. The van der Waals surface area contributed by atoms with Gasteiger partial charge in [-0.15, -0.1) is 0 Å². The van der Waals surface area contributed by atoms with Crippen molar-refractivity contribution in [3.8, 4) is 0 Å². The molecule has 0 heterocycles. The average molecular weight is 200 g/mol. The quantitative estimate of drug-likeness (QED) is 0.481. The van der Waals surface area contributed by atoms with Crippen molar-refractivity contribution < 1.29 is 19.1 Å². The molecule has 0 N–H and O–H groups in total. The van der Waals surface area contributed by atoms with Gasteiger partial charge < -0.3 is 9.47 Å². The highest BCUT2D eigenvalue weighted by atomic mass is 16.5. The molecule has 0 spiro atoms. The first kappa shape index (κ1) is 12.7. The van der Waals surface area contributed by atoms with E-state index in [0.717, 1.165) is 0 Å². The Hall–Kier alpha value is -1.32. The molecule has 80 valence electrons. The van der Waals surface area contributed by atoms with Crippen LogP contribution >= 0.6 is 0 Å². The van der Waals surface area contributed by atoms with Gasteiger partial charge >= 0.3 is 11.9 Å². The van der Waals surface area contributed by atoms with E-state index in [1.165, 1.54) is 14.0 Å². The summed E-state index contributed by atoms with van der Waals surface area (Å²) in [5, 5.41) is 0. The van der Waals surface area contributed by atoms with Gasteiger partial charge in [-0.3, -0.25) is 9.59 Å². The topological polar surface area (TPSA) is 52.6 Å². The number of hydrogen-bond acceptors (Lipinski definition) is 4. The van der Waals surface area contributed by atoms with E-state index in [0.29, 0.717) is 19.3 Å². The zero-order chi connectivity index (χ0) is 11.0. The number of carbonyl (C=O) groups is 2. The molecule has 0 rings (SSSR count). The minimum Gasteiger partial charge on any atom is -0.469 e. The van der Waals surface area contributed by atoms with Crippen LogP contribution in [0, 0.1) is 0 Å². The molecule has 4 nitrogen and oxygen atoms in total. The van der Waals surface area contributed by atoms with Crippen LogP contribution in [0.5, 0.6) is 0 Å². The highest BCUT2D eigenvalue weighted by molar-refractivity contribution is 5.69. The van der Waals surface area contributed by atoms with Crippen molar-refractivity contribution in [3.63, 3.8) is 0 Å². The lowest BCUT2D eigenvalue weighted by atomic mass is 10.1. The number of carbonyl (C=O) groups excluding carboxylic acids is 2. The summed E-state index contributed by atoms with van der Waals surface area (Å²) < 4.78 is 9.38. The molecule has 0 aromatic heterocycles. The monoisotopic (exact) mass is 200 g/mol. The predicted octanol–water partition coefficient (Wildman–Crippen LogP) is 1.45. The molecule has 1 unspecified atom stereocenters. The molecule has 0 fully saturated rings. The summed E-state index contributed by atoms with van der Waals surface area (Å²) in [4.78, 5) is 21.4. The van der Waals surface area contributed by atoms with Crippen LogP contribution in [0.4, 0.5) is 0 Å². The molecule has 4 heteroatoms. The van der Waals surface area contributed by atoms with Gasteiger partial charge in [-0.1, -0.05) is 12.7 Å². The summed E-state index contributed by atoms with van der Waals surface area (Å²) in [6, 6.07) is 0. The summed E-state index contributed by atoms with van der Waals surface area (Å²) in [7, 11) is 1.35. The van der Waals surface area contributed by atoms with Crippen molar-refractivity contribution in [1.82, 2.24) is 0 Å². The molecule has 0 amide bonds. The van der Waals surface area contributed by atoms with Gasteiger partial charge in [0.25, 0.3) is 0 Å². The zero-order valence-corrected chi connectivity index (χ0v) is 8.62. The maximum absolute atomic E-state index is 10.7. The fourth-order valence-electron chi connectivity index (χ4n) is 0.988. The van der Waals surface area contributed by atoms with Gasteiger partial charge in [0.15, 0.2) is 0 Å². The van der Waals surface area contributed by atoms with Crippen LogP contribution < -0.4 is 0 Å². The smallest absolute Gasteiger partial charge is 0.305 e. The Balaban J connectivity index is 3.67. The second-order valence-electron chi connectivity index (χ2n) is 2.85. The minimum absolute atomic E-state index is 0.254. The second kappa shape index (κ2) is 7.12. The van der Waals surface area contributed by atoms with Gasteiger partial charge in [0, 0.05) is 13.3 Å². The SMILES string of the molecule is C=CC(CCCC(=O)OC)OC(C)=O. The van der Waals surface area contributed by atoms with E-state index in [9.17, 15) is 9.59 Å². The summed E-state index contributed by atoms with van der Waals surface area (Å²) >= 11 is 0. The predicted molar refractivity (Wildman–Crippen MR) is 51.6 cm³/mol. The highest BCUT2D eigenvalue weighted by Gasteiger charge is 2.08. The third kappa shape index (κ3) is 6.22. The number of ether oxygens (including phenoxy) is 2. The number of methoxy groups -OCH3 is 1. The molecule has 0 aliphatic heterocycles. The van der Waals surface area contributed by atoms with Crippen molar-refractivity contribution in [3.05, 3.63) is 12.7 Å². The molecule has 0 saturated heterocycles. The third-order valence-corrected chi connectivity index (χ3v) is 1.68. The lowest BCUT2D eigenvalue weighted by Gasteiger charge is -2.11. The van der Waals surface area contributed by atoms with E-state index in [-0.39, 0.29) is 18.0 Å². The van der Waals surface area contributed by atoms with Crippen molar-refractivity contribution in [2.75, 3.05) is 7.11 Å². The van der Waals surface area contributed by atoms with Crippen LogP contribution in [0.2, 0.25) is 0 Å². The maximum atomic E-state index is 10.7. The van der Waals surface area contributed by atoms with E-state index in [4.69, 9.17) is 4.74 Å². The largest absolute Gasteiger partial charge is 0.469 e. The van der Waals surface area contributed by atoms with Gasteiger partial charge in [-0.05, 0) is 12.8 Å². The van der Waals surface area contributed by atoms with Crippen LogP contribution in [0.15, 0.2) is 12.7 Å². The number of esters is 2. The summed E-state index contributed by atoms with van der Waals surface area (Å²) in [5.74, 6) is -0.594. The summed E-state index contributed by atoms with van der Waals surface area (Å²) in [6.07, 6.45) is 2.80. The van der Waals surface area contributed by atoms with E-state index in [1.54, 1.807) is 6.08 Å². The van der Waals surface area contributed by atoms with Crippen molar-refractivity contribution in [1.29, 1.82) is 0 Å². The molecule has 0 aliphatic carbocycles. The average Bonchev–Trinajstić information content (AvgIpc) is 2.15. The van der Waals surface area contributed by atoms with Crippen LogP contribution in [0.1, 0.15) is 26.2 Å². The van der Waals surface area contributed by atoms with Crippen molar-refractivity contribution in [2.45, 2.75) is 32.3 Å². The lowest BCUT2D eigenvalue weighted by molar-refractivity contribution is -0.144. The molecule has 0 aliphatic rings. The second-order valence-corrected chi connectivity index (χ2v) is 2.85. The van der Waals surface area contributed by atoms with Crippen LogP contribution in [0.3, 0.4) is 0 Å². The first-order valence-corrected chi connectivity index (χ1v) is 4.46. The fraction of sp³-hybridized carbons (Fsp3) is 0.600. The van der Waals surface area contributed by atoms with E-state index in [2.05, 4.69) is 11.3 Å². The first-order chi connectivity index (χ1) is 6.60. The first-order valence-electron chi connectivity index (χ1n) is 4.46. The highest BCUT2D eigenvalue weighted by Crippen LogP contribution is 2.06. The van der Waals surface area contributed by atoms with Gasteiger partial charge in [-0.25, -0.2) is 0 Å². The van der Waals surface area contributed by atoms with Crippen LogP contribution in [-0.2, 0) is 19.1 Å². The number of hydrogen-bond donors (Lipinski definition) is 0. The molecular formula is C10H16O4. The van der Waals surface area contributed by atoms with Crippen LogP contribution in [-0.4, -0.2) is 25.2 Å². The summed E-state index contributed by atoms with van der Waals surface area (Å²) in [5.41, 5.74) is 0. The molecule has 0 saturated carbocycles. The molecular weight excluding hydrogens is 184 g/mol. The van der Waals surface area contributed by atoms with Gasteiger partial charge in [-0.2, -0.15) is 0 Å². The Morgan fingerprint density at radius 3 is 2.57 bits per heavy atom. The Bertz CT molecular complexity index is 210. The van der Waals surface area contributed by atoms with E-state index in [1.807, 2.05) is 0 Å². The van der Waals surface area contributed by atoms with Gasteiger partial charge in [0.2, 0.25) is 0 Å². The van der Waals surface area contributed by atoms with E-state index < -0.39 is 0 Å². The lowest BCUT2D eigenvalue weighted by Crippen LogP contribution is -2.14. The van der Waals surface area contributed by atoms with Gasteiger partial charge in [0.1, 0.15) is 6.10 Å². The third-order valence-electron chi connectivity index (χ3n) is 1.68. The van der Waals surface area contributed by atoms with E-state index >= 15 is 0 Å². The Kier molecular flexibility index (Phi) is 6.45. The molecule has 14 heavy (non-hydrogen) atoms. The molecule has 0 aromatic carbocycles. The number of rotatable bonds is 6. The Labute approximate surface area is 83.9 Å². The van der Waals surface area contributed by atoms with Crippen molar-refractivity contribution >= 4 is 11.9 Å². The molecule has 0 radical (unpaired) electrons. The molecule has 1 atom stereocenters. The maximum Gasteiger partial charge on any atom is 0.305 e. The molecule has 0 bridgehead atoms. The standard InChI is InChI=1S/C10H16O4/c1-4-9(14-8(2)11)6-5-7-10(12)13-3/h4,9H,1,5-7H2,2-3H3. The van der Waals surface area contributed by atoms with Crippen molar-refractivity contribution in [2.24, 2.45) is 0 Å². The fourth-order valence-corrected chi connectivity index (χ4v) is 0.988. The Morgan fingerprint density at radius 1 is 1.50 bits per heavy atom. The zero-order valence-electron chi connectivity index (χ0n) is 8.62. The molecule has 0 aromatic rings. The minimum atomic E-state index is -0.340.